The zero-order valence-electron chi connectivity index (χ0n) is 15.0. The number of carbonyl (C=O) groups is 3. The lowest BCUT2D eigenvalue weighted by atomic mass is 10.1. The highest BCUT2D eigenvalue weighted by molar-refractivity contribution is 5.91. The number of methoxy groups -OCH3 is 2. The average Bonchev–Trinajstić information content (AvgIpc) is 3.03. The van der Waals surface area contributed by atoms with Crippen LogP contribution in [0.4, 0.5) is 0 Å². The van der Waals surface area contributed by atoms with Gasteiger partial charge in [-0.2, -0.15) is 0 Å². The van der Waals surface area contributed by atoms with E-state index in [9.17, 15) is 19.5 Å². The van der Waals surface area contributed by atoms with Crippen LogP contribution in [-0.4, -0.2) is 71.7 Å². The zero-order chi connectivity index (χ0) is 19.3. The third kappa shape index (κ3) is 4.48. The van der Waals surface area contributed by atoms with Gasteiger partial charge in [0, 0.05) is 38.1 Å². The van der Waals surface area contributed by atoms with Crippen molar-refractivity contribution in [3.05, 3.63) is 23.9 Å². The fourth-order valence-electron chi connectivity index (χ4n) is 3.00. The fraction of sp³-hybridized carbons (Fsp3) is 0.529. The van der Waals surface area contributed by atoms with Crippen LogP contribution in [-0.2, 0) is 25.5 Å². The quantitative estimate of drug-likeness (QED) is 0.638. The number of amides is 2. The molecular formula is C17H23N3O6. The number of β-amino-alcohol motifs (C(OH)–C–C–N with tert-alkyl or cyclic N) is 1. The first kappa shape index (κ1) is 19.6. The van der Waals surface area contributed by atoms with E-state index < -0.39 is 30.1 Å². The van der Waals surface area contributed by atoms with Gasteiger partial charge < -0.3 is 24.8 Å². The van der Waals surface area contributed by atoms with Crippen molar-refractivity contribution in [2.45, 2.75) is 38.0 Å². The van der Waals surface area contributed by atoms with Crippen molar-refractivity contribution >= 4 is 17.8 Å². The third-order valence-electron chi connectivity index (χ3n) is 4.26. The van der Waals surface area contributed by atoms with Crippen molar-refractivity contribution < 1.29 is 29.0 Å². The summed E-state index contributed by atoms with van der Waals surface area (Å²) in [7, 11) is 2.69. The molecule has 0 radical (unpaired) electrons. The van der Waals surface area contributed by atoms with Gasteiger partial charge in [-0.25, -0.2) is 9.78 Å². The number of nitrogens with zero attached hydrogens (tertiary/aromatic N) is 2. The molecule has 1 fully saturated rings. The number of hydrogen-bond donors (Lipinski definition) is 2. The van der Waals surface area contributed by atoms with Gasteiger partial charge in [-0.1, -0.05) is 6.07 Å². The van der Waals surface area contributed by atoms with E-state index in [0.29, 0.717) is 11.4 Å². The standard InChI is InChI=1S/C17H23N3O6/c1-10(21)20-9-12(22)8-14(20)15(23)19-13(17(24)26-3)7-11-5-4-6-18-16(11)25-2/h4-6,12-14,22H,7-9H2,1-3H3,(H,19,23)/t12-,13+,14+/m1/s1. The number of aromatic nitrogens is 1. The zero-order valence-corrected chi connectivity index (χ0v) is 15.0. The Balaban J connectivity index is 2.16. The molecule has 9 heteroatoms. The molecule has 1 saturated heterocycles. The van der Waals surface area contributed by atoms with Crippen LogP contribution in [0.2, 0.25) is 0 Å². The topological polar surface area (TPSA) is 118 Å². The molecule has 0 aliphatic carbocycles. The molecule has 0 spiro atoms. The van der Waals surface area contributed by atoms with Gasteiger partial charge in [-0.15, -0.1) is 0 Å². The Morgan fingerprint density at radius 2 is 2.15 bits per heavy atom. The molecule has 2 N–H and O–H groups in total. The van der Waals surface area contributed by atoms with Gasteiger partial charge in [0.25, 0.3) is 0 Å². The largest absolute Gasteiger partial charge is 0.481 e. The van der Waals surface area contributed by atoms with Crippen LogP contribution in [0.1, 0.15) is 18.9 Å². The van der Waals surface area contributed by atoms with Crippen molar-refractivity contribution in [2.24, 2.45) is 0 Å². The Hall–Kier alpha value is -2.68. The minimum atomic E-state index is -0.975. The summed E-state index contributed by atoms with van der Waals surface area (Å²) in [5.74, 6) is -1.12. The van der Waals surface area contributed by atoms with Gasteiger partial charge in [0.2, 0.25) is 17.7 Å². The molecule has 2 amide bonds. The third-order valence-corrected chi connectivity index (χ3v) is 4.26. The van der Waals surface area contributed by atoms with E-state index >= 15 is 0 Å². The lowest BCUT2D eigenvalue weighted by molar-refractivity contribution is -0.146. The van der Waals surface area contributed by atoms with Crippen molar-refractivity contribution in [3.63, 3.8) is 0 Å². The Kier molecular flexibility index (Phi) is 6.51. The van der Waals surface area contributed by atoms with Gasteiger partial charge in [-0.3, -0.25) is 9.59 Å². The normalized spacial score (nSPS) is 20.4. The summed E-state index contributed by atoms with van der Waals surface area (Å²) in [5, 5.41) is 12.4. The summed E-state index contributed by atoms with van der Waals surface area (Å²) in [6.07, 6.45) is 1.02. The first-order valence-corrected chi connectivity index (χ1v) is 8.18. The summed E-state index contributed by atoms with van der Waals surface area (Å²) in [5.41, 5.74) is 0.626. The number of hydrogen-bond acceptors (Lipinski definition) is 7. The van der Waals surface area contributed by atoms with E-state index in [-0.39, 0.29) is 25.3 Å². The maximum atomic E-state index is 12.6. The van der Waals surface area contributed by atoms with E-state index in [4.69, 9.17) is 9.47 Å². The van der Waals surface area contributed by atoms with Gasteiger partial charge in [0.05, 0.1) is 20.3 Å². The second kappa shape index (κ2) is 8.61. The number of pyridine rings is 1. The van der Waals surface area contributed by atoms with Crippen molar-refractivity contribution in [3.8, 4) is 5.88 Å². The maximum Gasteiger partial charge on any atom is 0.328 e. The molecule has 0 bridgehead atoms. The highest BCUT2D eigenvalue weighted by Crippen LogP contribution is 2.20. The molecule has 0 unspecified atom stereocenters. The molecule has 2 heterocycles. The molecule has 2 rings (SSSR count). The summed E-state index contributed by atoms with van der Waals surface area (Å²) in [4.78, 5) is 41.8. The lowest BCUT2D eigenvalue weighted by Crippen LogP contribution is -2.51. The minimum absolute atomic E-state index is 0.0900. The second-order valence-electron chi connectivity index (χ2n) is 6.04. The van der Waals surface area contributed by atoms with Crippen LogP contribution < -0.4 is 10.1 Å². The highest BCUT2D eigenvalue weighted by atomic mass is 16.5. The van der Waals surface area contributed by atoms with E-state index in [0.717, 1.165) is 0 Å². The summed E-state index contributed by atoms with van der Waals surface area (Å²) in [6, 6.07) is 1.62. The second-order valence-corrected chi connectivity index (χ2v) is 6.04. The predicted octanol–water partition coefficient (Wildman–Crippen LogP) is -0.728. The lowest BCUT2D eigenvalue weighted by Gasteiger charge is -2.24. The highest BCUT2D eigenvalue weighted by Gasteiger charge is 2.39. The van der Waals surface area contributed by atoms with Crippen molar-refractivity contribution in [1.29, 1.82) is 0 Å². The van der Waals surface area contributed by atoms with Crippen LogP contribution in [0, 0.1) is 0 Å². The van der Waals surface area contributed by atoms with Crippen LogP contribution >= 0.6 is 0 Å². The Labute approximate surface area is 151 Å². The molecule has 1 aliphatic rings. The van der Waals surface area contributed by atoms with E-state index in [1.165, 1.54) is 26.0 Å². The van der Waals surface area contributed by atoms with Crippen LogP contribution in [0.5, 0.6) is 5.88 Å². The summed E-state index contributed by atoms with van der Waals surface area (Å²) < 4.78 is 9.94. The molecule has 1 aliphatic heterocycles. The number of ether oxygens (including phenoxy) is 2. The molecule has 0 saturated carbocycles. The molecule has 0 aromatic carbocycles. The SMILES string of the molecule is COC(=O)[C@H](Cc1cccnc1OC)NC(=O)[C@@H]1C[C@@H](O)CN1C(C)=O. The molecule has 1 aromatic rings. The Bertz CT molecular complexity index is 680. The molecular weight excluding hydrogens is 342 g/mol. The predicted molar refractivity (Wildman–Crippen MR) is 90.2 cm³/mol. The first-order chi connectivity index (χ1) is 12.4. The van der Waals surface area contributed by atoms with Gasteiger partial charge in [0.1, 0.15) is 12.1 Å². The van der Waals surface area contributed by atoms with Crippen molar-refractivity contribution in [1.82, 2.24) is 15.2 Å². The number of aliphatic hydroxyl groups is 1. The van der Waals surface area contributed by atoms with E-state index in [2.05, 4.69) is 10.3 Å². The Morgan fingerprint density at radius 1 is 1.42 bits per heavy atom. The number of esters is 1. The molecule has 1 aromatic heterocycles. The molecule has 9 nitrogen and oxygen atoms in total. The van der Waals surface area contributed by atoms with Gasteiger partial charge in [-0.05, 0) is 6.07 Å². The number of nitrogens with one attached hydrogen (secondary N) is 1. The molecule has 26 heavy (non-hydrogen) atoms. The molecule has 142 valence electrons. The van der Waals surface area contributed by atoms with Crippen LogP contribution in [0.15, 0.2) is 18.3 Å². The fourth-order valence-corrected chi connectivity index (χ4v) is 3.00. The summed E-state index contributed by atoms with van der Waals surface area (Å²) in [6.45, 7) is 1.42. The maximum absolute atomic E-state index is 12.6. The number of likely N-dealkylation sites (tertiary alicyclic amines) is 1. The Morgan fingerprint density at radius 3 is 2.77 bits per heavy atom. The number of carbonyl (C=O) groups excluding carboxylic acids is 3. The average molecular weight is 365 g/mol. The van der Waals surface area contributed by atoms with Crippen molar-refractivity contribution in [2.75, 3.05) is 20.8 Å². The summed E-state index contributed by atoms with van der Waals surface area (Å²) >= 11 is 0. The van der Waals surface area contributed by atoms with Gasteiger partial charge in [0.15, 0.2) is 0 Å². The van der Waals surface area contributed by atoms with Gasteiger partial charge >= 0.3 is 5.97 Å². The van der Waals surface area contributed by atoms with Crippen LogP contribution in [0.3, 0.4) is 0 Å². The van der Waals surface area contributed by atoms with Crippen LogP contribution in [0.25, 0.3) is 0 Å². The first-order valence-electron chi connectivity index (χ1n) is 8.18. The van der Waals surface area contributed by atoms with E-state index in [1.54, 1.807) is 18.3 Å². The van der Waals surface area contributed by atoms with E-state index in [1.807, 2.05) is 0 Å². The number of rotatable bonds is 6. The minimum Gasteiger partial charge on any atom is -0.481 e. The smallest absolute Gasteiger partial charge is 0.328 e. The monoisotopic (exact) mass is 365 g/mol. The number of aliphatic hydroxyl groups excluding tert-OH is 1. The molecule has 3 atom stereocenters.